The van der Waals surface area contributed by atoms with Gasteiger partial charge in [0.2, 0.25) is 0 Å². The van der Waals surface area contributed by atoms with Crippen LogP contribution in [0.4, 0.5) is 35.9 Å². The first-order valence-electron chi connectivity index (χ1n) is 4.11. The van der Waals surface area contributed by atoms with Gasteiger partial charge in [0.1, 0.15) is 0 Å². The minimum atomic E-state index is -5.97. The van der Waals surface area contributed by atoms with Gasteiger partial charge in [-0.25, -0.2) is 9.59 Å². The maximum atomic E-state index is 12.9. The van der Waals surface area contributed by atoms with E-state index in [2.05, 4.69) is 32.7 Å². The minimum absolute atomic E-state index is 1.88. The average molecular weight is 337 g/mol. The van der Waals surface area contributed by atoms with Crippen molar-refractivity contribution in [2.24, 2.45) is 0 Å². The van der Waals surface area contributed by atoms with Gasteiger partial charge in [0.25, 0.3) is 0 Å². The first-order chi connectivity index (χ1) is 8.33. The fourth-order valence-corrected chi connectivity index (χ4v) is 0.853. The van der Waals surface area contributed by atoms with Gasteiger partial charge in [-0.2, -0.15) is 26.3 Å². The zero-order valence-corrected chi connectivity index (χ0v) is 10.1. The molecule has 0 aliphatic heterocycles. The Labute approximate surface area is 111 Å². The van der Waals surface area contributed by atoms with Crippen molar-refractivity contribution in [1.82, 2.24) is 0 Å². The van der Waals surface area contributed by atoms with Crippen molar-refractivity contribution in [3.05, 3.63) is 0 Å². The molecule has 0 unspecified atom stereocenters. The predicted molar refractivity (Wildman–Crippen MR) is 49.2 cm³/mol. The predicted octanol–water partition coefficient (Wildman–Crippen LogP) is 3.64. The lowest BCUT2D eigenvalue weighted by Gasteiger charge is -2.31. The van der Waals surface area contributed by atoms with E-state index in [1.54, 1.807) is 0 Å². The van der Waals surface area contributed by atoms with E-state index < -0.39 is 41.8 Å². The highest BCUT2D eigenvalue weighted by molar-refractivity contribution is 6.61. The molecule has 12 heteroatoms. The summed E-state index contributed by atoms with van der Waals surface area (Å²) in [6, 6.07) is 0. The van der Waals surface area contributed by atoms with Crippen LogP contribution in [0.3, 0.4) is 0 Å². The van der Waals surface area contributed by atoms with Crippen LogP contribution >= 0.6 is 23.2 Å². The second-order valence-corrected chi connectivity index (χ2v) is 3.65. The fraction of sp³-hybridized carbons (Fsp3) is 0.714. The Bertz CT molecular complexity index is 329. The Balaban J connectivity index is 4.98. The first kappa shape index (κ1) is 18.1. The summed E-state index contributed by atoms with van der Waals surface area (Å²) in [4.78, 5) is 19.9. The minimum Gasteiger partial charge on any atom is -0.447 e. The van der Waals surface area contributed by atoms with Crippen LogP contribution in [0.25, 0.3) is 0 Å². The summed E-state index contributed by atoms with van der Waals surface area (Å²) in [5, 5.41) is 0. The van der Waals surface area contributed by atoms with Crippen LogP contribution in [0, 0.1) is 0 Å². The summed E-state index contributed by atoms with van der Waals surface area (Å²) in [6.45, 7) is -4.76. The van der Waals surface area contributed by atoms with Gasteiger partial charge in [0.15, 0.2) is 13.2 Å². The van der Waals surface area contributed by atoms with Crippen LogP contribution in [-0.4, -0.2) is 41.8 Å². The molecule has 0 atom stereocenters. The number of hydrogen-bond donors (Lipinski definition) is 0. The molecule has 0 aromatic heterocycles. The van der Waals surface area contributed by atoms with Crippen LogP contribution in [0.5, 0.6) is 0 Å². The fourth-order valence-electron chi connectivity index (χ4n) is 0.744. The van der Waals surface area contributed by atoms with Gasteiger partial charge >= 0.3 is 28.6 Å². The highest BCUT2D eigenvalue weighted by Gasteiger charge is 2.72. The number of rotatable bonds is 6. The van der Waals surface area contributed by atoms with Crippen molar-refractivity contribution in [2.75, 3.05) is 13.2 Å². The summed E-state index contributed by atoms with van der Waals surface area (Å²) < 4.78 is 83.9. The van der Waals surface area contributed by atoms with E-state index in [-0.39, 0.29) is 0 Å². The summed E-state index contributed by atoms with van der Waals surface area (Å²) in [6.07, 6.45) is 0. The Morgan fingerprint density at radius 3 is 1.26 bits per heavy atom. The van der Waals surface area contributed by atoms with E-state index in [1.165, 1.54) is 0 Å². The van der Waals surface area contributed by atoms with Crippen molar-refractivity contribution in [1.29, 1.82) is 0 Å². The molecule has 112 valence electrons. The highest BCUT2D eigenvalue weighted by Crippen LogP contribution is 2.46. The van der Waals surface area contributed by atoms with Gasteiger partial charge in [0.05, 0.1) is 0 Å². The zero-order chi connectivity index (χ0) is 15.5. The van der Waals surface area contributed by atoms with Crippen molar-refractivity contribution in [3.63, 3.8) is 0 Å². The van der Waals surface area contributed by atoms with Crippen molar-refractivity contribution < 1.29 is 45.4 Å². The summed E-state index contributed by atoms with van der Waals surface area (Å²) in [5.74, 6) is -16.9. The van der Waals surface area contributed by atoms with Crippen molar-refractivity contribution in [3.8, 4) is 0 Å². The molecule has 4 nitrogen and oxygen atoms in total. The highest BCUT2D eigenvalue weighted by atomic mass is 35.5. The van der Waals surface area contributed by atoms with E-state index in [4.69, 9.17) is 0 Å². The molecule has 0 bridgehead atoms. The Hall–Kier alpha value is -0.900. The molecule has 0 heterocycles. The standard InChI is InChI=1S/C7H4Cl2F6O4/c8-3(16)18-1-5(10,11)7(14,15)6(12,13)2-19-4(9)17/h1-2H2. The number of halogens is 8. The van der Waals surface area contributed by atoms with Crippen molar-refractivity contribution >= 4 is 34.1 Å². The van der Waals surface area contributed by atoms with Gasteiger partial charge in [0, 0.05) is 23.2 Å². The Morgan fingerprint density at radius 2 is 1.05 bits per heavy atom. The first-order valence-corrected chi connectivity index (χ1v) is 4.87. The Morgan fingerprint density at radius 1 is 0.789 bits per heavy atom. The van der Waals surface area contributed by atoms with Gasteiger partial charge in [-0.1, -0.05) is 0 Å². The van der Waals surface area contributed by atoms with Crippen LogP contribution in [-0.2, 0) is 9.47 Å². The lowest BCUT2D eigenvalue weighted by Crippen LogP contribution is -2.58. The zero-order valence-electron chi connectivity index (χ0n) is 8.57. The molecule has 0 fully saturated rings. The third kappa shape index (κ3) is 4.60. The van der Waals surface area contributed by atoms with E-state index in [1.807, 2.05) is 0 Å². The second kappa shape index (κ2) is 6.04. The summed E-state index contributed by atoms with van der Waals surface area (Å²) >= 11 is 8.87. The van der Waals surface area contributed by atoms with E-state index in [0.717, 1.165) is 0 Å². The molecule has 0 saturated carbocycles. The molecule has 0 aromatic rings. The third-order valence-electron chi connectivity index (χ3n) is 1.65. The lowest BCUT2D eigenvalue weighted by molar-refractivity contribution is -0.322. The average Bonchev–Trinajstić information content (AvgIpc) is 2.23. The lowest BCUT2D eigenvalue weighted by atomic mass is 10.1. The molecular weight excluding hydrogens is 333 g/mol. The molecule has 0 spiro atoms. The summed E-state index contributed by atoms with van der Waals surface area (Å²) in [5.41, 5.74) is -3.77. The smallest absolute Gasteiger partial charge is 0.403 e. The van der Waals surface area contributed by atoms with Gasteiger partial charge in [-0.15, -0.1) is 0 Å². The van der Waals surface area contributed by atoms with Crippen LogP contribution in [0.1, 0.15) is 0 Å². The monoisotopic (exact) mass is 336 g/mol. The van der Waals surface area contributed by atoms with E-state index >= 15 is 0 Å². The molecule has 0 aromatic carbocycles. The molecule has 0 aliphatic carbocycles. The van der Waals surface area contributed by atoms with Gasteiger partial charge in [-0.05, 0) is 0 Å². The van der Waals surface area contributed by atoms with E-state index in [9.17, 15) is 35.9 Å². The van der Waals surface area contributed by atoms with E-state index in [0.29, 0.717) is 0 Å². The van der Waals surface area contributed by atoms with Crippen molar-refractivity contribution in [2.45, 2.75) is 17.8 Å². The maximum Gasteiger partial charge on any atom is 0.403 e. The molecular formula is C7H4Cl2F6O4. The second-order valence-electron chi connectivity index (χ2n) is 3.04. The number of hydrogen-bond acceptors (Lipinski definition) is 4. The van der Waals surface area contributed by atoms with Crippen LogP contribution < -0.4 is 0 Å². The Kier molecular flexibility index (Phi) is 5.75. The number of carbonyl (C=O) groups is 2. The van der Waals surface area contributed by atoms with Crippen LogP contribution in [0.15, 0.2) is 0 Å². The molecule has 0 radical (unpaired) electrons. The summed E-state index contributed by atoms with van der Waals surface area (Å²) in [7, 11) is 0. The molecule has 0 rings (SSSR count). The molecule has 0 saturated heterocycles. The molecule has 0 amide bonds. The SMILES string of the molecule is O=C(Cl)OCC(F)(F)C(F)(F)C(F)(F)COC(=O)Cl. The van der Waals surface area contributed by atoms with Gasteiger partial charge in [-0.3, -0.25) is 0 Å². The topological polar surface area (TPSA) is 52.6 Å². The molecule has 0 aliphatic rings. The normalized spacial score (nSPS) is 13.1. The molecule has 19 heavy (non-hydrogen) atoms. The number of alkyl halides is 6. The maximum absolute atomic E-state index is 12.9. The number of carbonyl (C=O) groups excluding carboxylic acids is 2. The largest absolute Gasteiger partial charge is 0.447 e. The molecule has 0 N–H and O–H groups in total. The van der Waals surface area contributed by atoms with Gasteiger partial charge < -0.3 is 9.47 Å². The quantitative estimate of drug-likeness (QED) is 0.549. The number of ether oxygens (including phenoxy) is 2. The van der Waals surface area contributed by atoms with Crippen LogP contribution in [0.2, 0.25) is 0 Å². The third-order valence-corrected chi connectivity index (χ3v) is 1.87.